The number of benzene rings is 3. The van der Waals surface area contributed by atoms with Gasteiger partial charge in [-0.3, -0.25) is 9.79 Å². The predicted octanol–water partition coefficient (Wildman–Crippen LogP) is 7.78. The van der Waals surface area contributed by atoms with Crippen LogP contribution in [0.25, 0.3) is 33.2 Å². The highest BCUT2D eigenvalue weighted by molar-refractivity contribution is 6.06. The van der Waals surface area contributed by atoms with Gasteiger partial charge in [-0.2, -0.15) is 0 Å². The SMILES string of the molecule is CC[C@H](CCc1ncc(-c2ccc3c(c2)COc2cc4c5c(ccc4cc2-3)N=C([C@@H]2CC[C@H](C)N2C(=O)[C@@H](NC(=O)OC)C(C)C)C5)[nH]1)COC. The quantitative estimate of drug-likeness (QED) is 0.166. The van der Waals surface area contributed by atoms with Crippen molar-refractivity contribution in [2.24, 2.45) is 16.8 Å². The maximum absolute atomic E-state index is 13.9. The fraction of sp³-hybridized carbons (Fsp3) is 0.463. The number of aromatic nitrogens is 2. The zero-order chi connectivity index (χ0) is 35.8. The standard InChI is InChI=1S/C41H49N5O5/c1-7-25(21-49-5)9-15-38-42-20-35(44-38)27-10-12-29-28(16-27)22-51-37-19-30-26(17-32(29)37)11-13-33-31(30)18-34(43-33)36-14-8-24(4)46(36)40(47)39(23(2)3)45-41(48)50-6/h10-13,16-17,19-20,23-25,36,39H,7-9,14-15,18,21-22H2,1-6H3,(H,42,44)(H,45,48)/t24-,25+,36-,39-/m0/s1. The molecule has 1 saturated heterocycles. The zero-order valence-corrected chi connectivity index (χ0v) is 30.5. The fourth-order valence-electron chi connectivity index (χ4n) is 8.05. The molecule has 10 nitrogen and oxygen atoms in total. The van der Waals surface area contributed by atoms with Crippen LogP contribution in [0.4, 0.5) is 10.5 Å². The molecular formula is C41H49N5O5. The van der Waals surface area contributed by atoms with E-state index in [2.05, 4.69) is 71.6 Å². The first-order chi connectivity index (χ1) is 24.7. The molecule has 1 aromatic heterocycles. The molecule has 3 aliphatic rings. The Morgan fingerprint density at radius 1 is 1.10 bits per heavy atom. The van der Waals surface area contributed by atoms with Crippen molar-refractivity contribution in [1.29, 1.82) is 0 Å². The molecule has 0 aliphatic carbocycles. The van der Waals surface area contributed by atoms with Gasteiger partial charge in [0, 0.05) is 43.9 Å². The summed E-state index contributed by atoms with van der Waals surface area (Å²) < 4.78 is 16.6. The Kier molecular flexibility index (Phi) is 9.88. The summed E-state index contributed by atoms with van der Waals surface area (Å²) in [7, 11) is 3.08. The number of alkyl carbamates (subject to hydrolysis) is 1. The third kappa shape index (κ3) is 6.73. The number of H-pyrrole nitrogens is 1. The van der Waals surface area contributed by atoms with E-state index in [1.165, 1.54) is 12.7 Å². The lowest BCUT2D eigenvalue weighted by molar-refractivity contribution is -0.135. The number of methoxy groups -OCH3 is 2. The molecule has 3 aliphatic heterocycles. The van der Waals surface area contributed by atoms with Crippen LogP contribution in [-0.2, 0) is 33.7 Å². The van der Waals surface area contributed by atoms with Crippen molar-refractivity contribution in [2.75, 3.05) is 20.8 Å². The van der Waals surface area contributed by atoms with E-state index in [1.54, 1.807) is 7.11 Å². The number of carbonyl (C=O) groups excluding carboxylic acids is 2. The van der Waals surface area contributed by atoms with Crippen LogP contribution < -0.4 is 10.1 Å². The first-order valence-electron chi connectivity index (χ1n) is 18.3. The predicted molar refractivity (Wildman–Crippen MR) is 200 cm³/mol. The van der Waals surface area contributed by atoms with Crippen molar-refractivity contribution in [1.82, 2.24) is 20.2 Å². The van der Waals surface area contributed by atoms with E-state index in [4.69, 9.17) is 19.2 Å². The van der Waals surface area contributed by atoms with Crippen molar-refractivity contribution in [2.45, 2.75) is 91.0 Å². The molecule has 4 heterocycles. The second-order valence-electron chi connectivity index (χ2n) is 14.6. The molecule has 0 saturated carbocycles. The van der Waals surface area contributed by atoms with Crippen LogP contribution in [0.3, 0.4) is 0 Å². The van der Waals surface area contributed by atoms with Gasteiger partial charge in [-0.05, 0) is 95.3 Å². The van der Waals surface area contributed by atoms with Crippen LogP contribution in [-0.4, -0.2) is 71.5 Å². The van der Waals surface area contributed by atoms with E-state index in [9.17, 15) is 9.59 Å². The highest BCUT2D eigenvalue weighted by Crippen LogP contribution is 2.45. The second-order valence-corrected chi connectivity index (χ2v) is 14.6. The number of fused-ring (bicyclic) bond motifs is 6. The minimum Gasteiger partial charge on any atom is -0.488 e. The van der Waals surface area contributed by atoms with Gasteiger partial charge in [0.25, 0.3) is 0 Å². The molecule has 2 amide bonds. The van der Waals surface area contributed by atoms with Crippen molar-refractivity contribution in [3.63, 3.8) is 0 Å². The van der Waals surface area contributed by atoms with Crippen LogP contribution in [0, 0.1) is 11.8 Å². The maximum atomic E-state index is 13.9. The van der Waals surface area contributed by atoms with Crippen molar-refractivity contribution < 1.29 is 23.8 Å². The molecule has 268 valence electrons. The molecular weight excluding hydrogens is 642 g/mol. The monoisotopic (exact) mass is 691 g/mol. The molecule has 0 spiro atoms. The van der Waals surface area contributed by atoms with Gasteiger partial charge in [0.05, 0.1) is 30.7 Å². The Morgan fingerprint density at radius 2 is 1.94 bits per heavy atom. The van der Waals surface area contributed by atoms with Crippen molar-refractivity contribution >= 4 is 34.2 Å². The summed E-state index contributed by atoms with van der Waals surface area (Å²) >= 11 is 0. The fourth-order valence-corrected chi connectivity index (χ4v) is 8.05. The smallest absolute Gasteiger partial charge is 0.407 e. The molecule has 4 aromatic rings. The number of aromatic amines is 1. The number of carbonyl (C=O) groups is 2. The van der Waals surface area contributed by atoms with Crippen LogP contribution in [0.15, 0.2) is 53.7 Å². The second kappa shape index (κ2) is 14.5. The molecule has 2 N–H and O–H groups in total. The number of nitrogens with zero attached hydrogens (tertiary/aromatic N) is 3. The highest BCUT2D eigenvalue weighted by atomic mass is 16.5. The summed E-state index contributed by atoms with van der Waals surface area (Å²) in [5, 5.41) is 5.03. The van der Waals surface area contributed by atoms with E-state index in [-0.39, 0.29) is 23.9 Å². The van der Waals surface area contributed by atoms with Crippen LogP contribution in [0.1, 0.15) is 70.3 Å². The molecule has 0 bridgehead atoms. The number of hydrogen-bond donors (Lipinski definition) is 2. The van der Waals surface area contributed by atoms with Gasteiger partial charge in [0.15, 0.2) is 0 Å². The number of rotatable bonds is 11. The van der Waals surface area contributed by atoms with Crippen LogP contribution in [0.5, 0.6) is 5.75 Å². The third-order valence-corrected chi connectivity index (χ3v) is 11.0. The number of nitrogens with one attached hydrogen (secondary N) is 2. The Balaban J connectivity index is 1.11. The lowest BCUT2D eigenvalue weighted by Crippen LogP contribution is -2.55. The third-order valence-electron chi connectivity index (χ3n) is 11.0. The molecule has 0 unspecified atom stereocenters. The van der Waals surface area contributed by atoms with Gasteiger partial charge >= 0.3 is 6.09 Å². The minimum absolute atomic E-state index is 0.0438. The molecule has 10 heteroatoms. The van der Waals surface area contributed by atoms with E-state index in [0.717, 1.165) is 100 Å². The lowest BCUT2D eigenvalue weighted by Gasteiger charge is -2.33. The van der Waals surface area contributed by atoms with Crippen LogP contribution >= 0.6 is 0 Å². The van der Waals surface area contributed by atoms with E-state index >= 15 is 0 Å². The number of imidazole rings is 1. The topological polar surface area (TPSA) is 118 Å². The Morgan fingerprint density at radius 3 is 2.71 bits per heavy atom. The largest absolute Gasteiger partial charge is 0.488 e. The zero-order valence-electron chi connectivity index (χ0n) is 30.5. The lowest BCUT2D eigenvalue weighted by atomic mass is 9.90. The summed E-state index contributed by atoms with van der Waals surface area (Å²) in [5.74, 6) is 2.23. The van der Waals surface area contributed by atoms with Gasteiger partial charge < -0.3 is 29.4 Å². The van der Waals surface area contributed by atoms with Gasteiger partial charge in [0.1, 0.15) is 24.2 Å². The highest BCUT2D eigenvalue weighted by Gasteiger charge is 2.42. The Bertz CT molecular complexity index is 1980. The molecule has 51 heavy (non-hydrogen) atoms. The molecule has 3 aromatic carbocycles. The number of amides is 2. The van der Waals surface area contributed by atoms with Crippen LogP contribution in [0.2, 0.25) is 0 Å². The van der Waals surface area contributed by atoms with E-state index < -0.39 is 12.1 Å². The molecule has 7 rings (SSSR count). The Labute approximate surface area is 300 Å². The van der Waals surface area contributed by atoms with Gasteiger partial charge in [0.2, 0.25) is 5.91 Å². The van der Waals surface area contributed by atoms with Crippen molar-refractivity contribution in [3.05, 3.63) is 65.6 Å². The number of aliphatic imine (C=N–C) groups is 1. The summed E-state index contributed by atoms with van der Waals surface area (Å²) in [6.45, 7) is 9.43. The summed E-state index contributed by atoms with van der Waals surface area (Å²) in [6, 6.07) is 14.5. The number of likely N-dealkylation sites (tertiary alicyclic amines) is 1. The number of aryl methyl sites for hydroxylation is 1. The minimum atomic E-state index is -0.671. The summed E-state index contributed by atoms with van der Waals surface area (Å²) in [6.07, 6.45) is 6.76. The van der Waals surface area contributed by atoms with Gasteiger partial charge in [-0.15, -0.1) is 0 Å². The number of ether oxygens (including phenoxy) is 3. The molecule has 1 fully saturated rings. The Hall–Kier alpha value is -4.70. The average Bonchev–Trinajstić information content (AvgIpc) is 3.89. The average molecular weight is 692 g/mol. The van der Waals surface area contributed by atoms with Gasteiger partial charge in [-0.25, -0.2) is 9.78 Å². The van der Waals surface area contributed by atoms with Crippen molar-refractivity contribution in [3.8, 4) is 28.1 Å². The number of hydrogen-bond acceptors (Lipinski definition) is 7. The molecule has 0 radical (unpaired) electrons. The van der Waals surface area contributed by atoms with E-state index in [1.807, 2.05) is 24.9 Å². The first-order valence-corrected chi connectivity index (χ1v) is 18.3. The summed E-state index contributed by atoms with van der Waals surface area (Å²) in [4.78, 5) is 41.3. The molecule has 4 atom stereocenters. The normalized spacial score (nSPS) is 18.9. The van der Waals surface area contributed by atoms with E-state index in [0.29, 0.717) is 18.9 Å². The maximum Gasteiger partial charge on any atom is 0.407 e. The van der Waals surface area contributed by atoms with Gasteiger partial charge in [-0.1, -0.05) is 45.4 Å². The summed E-state index contributed by atoms with van der Waals surface area (Å²) in [5.41, 5.74) is 8.63. The first kappa shape index (κ1) is 34.7.